The number of amides is 1. The van der Waals surface area contributed by atoms with Gasteiger partial charge in [-0.1, -0.05) is 18.2 Å². The topological polar surface area (TPSA) is 73.2 Å². The summed E-state index contributed by atoms with van der Waals surface area (Å²) in [6.45, 7) is 3.04. The Morgan fingerprint density at radius 1 is 1.41 bits per heavy atom. The molecule has 1 aliphatic heterocycles. The largest absolute Gasteiger partial charge is 0.493 e. The molecule has 0 radical (unpaired) electrons. The second-order valence-electron chi connectivity index (χ2n) is 6.92. The Morgan fingerprint density at radius 3 is 3.07 bits per heavy atom. The van der Waals surface area contributed by atoms with Crippen LogP contribution in [0.1, 0.15) is 27.2 Å². The van der Waals surface area contributed by atoms with Crippen molar-refractivity contribution in [1.29, 1.82) is 0 Å². The molecule has 3 heterocycles. The third-order valence-electron chi connectivity index (χ3n) is 5.03. The molecule has 1 amide bonds. The van der Waals surface area contributed by atoms with Gasteiger partial charge in [0.2, 0.25) is 0 Å². The predicted molar refractivity (Wildman–Crippen MR) is 106 cm³/mol. The van der Waals surface area contributed by atoms with Gasteiger partial charge in [-0.3, -0.25) is 9.59 Å². The van der Waals surface area contributed by atoms with Crippen LogP contribution in [0.2, 0.25) is 0 Å². The number of rotatable bonds is 3. The van der Waals surface area contributed by atoms with Gasteiger partial charge < -0.3 is 14.6 Å². The number of benzene rings is 1. The predicted octanol–water partition coefficient (Wildman–Crippen LogP) is 2.67. The van der Waals surface area contributed by atoms with Crippen molar-refractivity contribution in [3.05, 3.63) is 57.0 Å². The number of nitrogens with zero attached hydrogens (tertiary/aromatic N) is 2. The van der Waals surface area contributed by atoms with Gasteiger partial charge in [0.15, 0.2) is 0 Å². The lowest BCUT2D eigenvalue weighted by Crippen LogP contribution is -2.30. The van der Waals surface area contributed by atoms with Crippen LogP contribution in [0.3, 0.4) is 0 Å². The molecule has 0 fully saturated rings. The number of carbonyl (C=O) groups excluding carboxylic acids is 1. The minimum absolute atomic E-state index is 0.120. The van der Waals surface area contributed by atoms with E-state index in [1.165, 1.54) is 27.8 Å². The molecule has 1 aromatic carbocycles. The maximum atomic E-state index is 12.7. The van der Waals surface area contributed by atoms with Gasteiger partial charge in [0.25, 0.3) is 11.5 Å². The summed E-state index contributed by atoms with van der Waals surface area (Å²) in [6.07, 6.45) is 3.26. The van der Waals surface area contributed by atoms with Gasteiger partial charge in [-0.05, 0) is 42.9 Å². The smallest absolute Gasteiger partial charge is 0.262 e. The summed E-state index contributed by atoms with van der Waals surface area (Å²) in [7, 11) is 1.66. The molecule has 0 saturated heterocycles. The first-order valence-corrected chi connectivity index (χ1v) is 9.80. The number of aromatic nitrogens is 2. The van der Waals surface area contributed by atoms with Crippen LogP contribution in [0, 0.1) is 12.8 Å². The zero-order valence-electron chi connectivity index (χ0n) is 15.3. The van der Waals surface area contributed by atoms with Gasteiger partial charge in [-0.15, -0.1) is 11.3 Å². The molecule has 0 spiro atoms. The summed E-state index contributed by atoms with van der Waals surface area (Å²) in [5.41, 5.74) is 1.76. The van der Waals surface area contributed by atoms with Crippen molar-refractivity contribution in [3.63, 3.8) is 0 Å². The van der Waals surface area contributed by atoms with Crippen LogP contribution in [0.5, 0.6) is 5.75 Å². The second kappa shape index (κ2) is 7.15. The number of hydrogen-bond donors (Lipinski definition) is 1. The van der Waals surface area contributed by atoms with E-state index in [-0.39, 0.29) is 11.5 Å². The fraction of sp³-hybridized carbons (Fsp3) is 0.350. The average molecular weight is 383 g/mol. The molecule has 6 nitrogen and oxygen atoms in total. The highest BCUT2D eigenvalue weighted by atomic mass is 32.1. The molecular formula is C20H21N3O3S. The molecule has 1 unspecified atom stereocenters. The molecule has 3 aromatic rings. The molecule has 0 saturated carbocycles. The summed E-state index contributed by atoms with van der Waals surface area (Å²) in [6, 6.07) is 8.05. The van der Waals surface area contributed by atoms with E-state index in [0.29, 0.717) is 39.7 Å². The van der Waals surface area contributed by atoms with E-state index in [0.717, 1.165) is 18.6 Å². The number of thiophene rings is 1. The minimum Gasteiger partial charge on any atom is -0.493 e. The van der Waals surface area contributed by atoms with Crippen molar-refractivity contribution in [2.75, 3.05) is 13.2 Å². The Kier molecular flexibility index (Phi) is 4.70. The monoisotopic (exact) mass is 383 g/mol. The van der Waals surface area contributed by atoms with Crippen LogP contribution < -0.4 is 15.6 Å². The lowest BCUT2D eigenvalue weighted by atomic mass is 9.97. The normalized spacial score (nSPS) is 16.4. The molecule has 1 aliphatic rings. The van der Waals surface area contributed by atoms with E-state index >= 15 is 0 Å². The van der Waals surface area contributed by atoms with Gasteiger partial charge >= 0.3 is 0 Å². The minimum atomic E-state index is -0.143. The van der Waals surface area contributed by atoms with Gasteiger partial charge in [0.05, 0.1) is 23.2 Å². The quantitative estimate of drug-likeness (QED) is 0.755. The number of fused-ring (bicyclic) bond motifs is 2. The van der Waals surface area contributed by atoms with Crippen molar-refractivity contribution in [2.24, 2.45) is 13.0 Å². The van der Waals surface area contributed by atoms with E-state index in [9.17, 15) is 9.59 Å². The Hall–Kier alpha value is -2.67. The maximum absolute atomic E-state index is 12.7. The van der Waals surface area contributed by atoms with Crippen molar-refractivity contribution in [1.82, 2.24) is 14.9 Å². The third-order valence-corrected chi connectivity index (χ3v) is 6.23. The first kappa shape index (κ1) is 17.7. The first-order chi connectivity index (χ1) is 13.0. The Balaban J connectivity index is 1.50. The second-order valence-corrected chi connectivity index (χ2v) is 7.92. The molecule has 140 valence electrons. The number of aryl methyl sites for hydroxylation is 2. The Bertz CT molecular complexity index is 1070. The molecule has 27 heavy (non-hydrogen) atoms. The number of carbonyl (C=O) groups is 1. The first-order valence-electron chi connectivity index (χ1n) is 8.98. The van der Waals surface area contributed by atoms with Crippen LogP contribution in [-0.4, -0.2) is 28.6 Å². The maximum Gasteiger partial charge on any atom is 0.262 e. The molecule has 1 N–H and O–H groups in total. The van der Waals surface area contributed by atoms with Gasteiger partial charge in [0, 0.05) is 13.6 Å². The zero-order valence-corrected chi connectivity index (χ0v) is 16.1. The summed E-state index contributed by atoms with van der Waals surface area (Å²) < 4.78 is 7.23. The highest BCUT2D eigenvalue weighted by Crippen LogP contribution is 2.28. The van der Waals surface area contributed by atoms with E-state index in [4.69, 9.17) is 4.74 Å². The Labute approximate surface area is 160 Å². The van der Waals surface area contributed by atoms with E-state index < -0.39 is 0 Å². The summed E-state index contributed by atoms with van der Waals surface area (Å²) in [4.78, 5) is 30.5. The lowest BCUT2D eigenvalue weighted by molar-refractivity contribution is 0.0949. The number of hydrogen-bond acceptors (Lipinski definition) is 5. The van der Waals surface area contributed by atoms with Crippen LogP contribution in [0.4, 0.5) is 0 Å². The van der Waals surface area contributed by atoms with Crippen molar-refractivity contribution in [2.45, 2.75) is 19.8 Å². The number of para-hydroxylation sites is 1. The van der Waals surface area contributed by atoms with Crippen molar-refractivity contribution in [3.8, 4) is 5.75 Å². The summed E-state index contributed by atoms with van der Waals surface area (Å²) >= 11 is 1.27. The SMILES string of the molecule is Cc1c(C(=O)NCC2CCOc3ccccc3C2)sc2ncn(C)c(=O)c12. The van der Waals surface area contributed by atoms with Crippen LogP contribution in [0.15, 0.2) is 35.4 Å². The van der Waals surface area contributed by atoms with Crippen LogP contribution in [0.25, 0.3) is 10.2 Å². The number of nitrogens with one attached hydrogen (secondary N) is 1. The van der Waals surface area contributed by atoms with E-state index in [1.54, 1.807) is 7.05 Å². The molecule has 0 aliphatic carbocycles. The van der Waals surface area contributed by atoms with E-state index in [1.807, 2.05) is 25.1 Å². The fourth-order valence-corrected chi connectivity index (χ4v) is 4.53. The summed E-state index contributed by atoms with van der Waals surface area (Å²) in [5, 5.41) is 3.58. The average Bonchev–Trinajstić information content (AvgIpc) is 2.87. The standard InChI is InChI=1S/C20H21N3O3S/c1-12-16-19(22-11-23(2)20(16)25)27-17(12)18(24)21-10-13-7-8-26-15-6-4-3-5-14(15)9-13/h3-6,11,13H,7-10H2,1-2H3,(H,21,24). The molecular weight excluding hydrogens is 362 g/mol. The van der Waals surface area contributed by atoms with Gasteiger partial charge in [-0.25, -0.2) is 4.98 Å². The van der Waals surface area contributed by atoms with Crippen molar-refractivity contribution >= 4 is 27.5 Å². The molecule has 4 rings (SSSR count). The number of ether oxygens (including phenoxy) is 1. The van der Waals surface area contributed by atoms with E-state index in [2.05, 4.69) is 16.4 Å². The zero-order chi connectivity index (χ0) is 19.0. The van der Waals surface area contributed by atoms with Crippen LogP contribution in [-0.2, 0) is 13.5 Å². The highest BCUT2D eigenvalue weighted by Gasteiger charge is 2.21. The molecule has 2 aromatic heterocycles. The third kappa shape index (κ3) is 3.35. The fourth-order valence-electron chi connectivity index (χ4n) is 3.48. The Morgan fingerprint density at radius 2 is 2.22 bits per heavy atom. The lowest BCUT2D eigenvalue weighted by Gasteiger charge is -2.14. The summed E-state index contributed by atoms with van der Waals surface area (Å²) in [5.74, 6) is 1.11. The van der Waals surface area contributed by atoms with Crippen molar-refractivity contribution < 1.29 is 9.53 Å². The highest BCUT2D eigenvalue weighted by molar-refractivity contribution is 7.20. The van der Waals surface area contributed by atoms with Gasteiger partial charge in [0.1, 0.15) is 10.6 Å². The molecule has 0 bridgehead atoms. The van der Waals surface area contributed by atoms with Gasteiger partial charge in [-0.2, -0.15) is 0 Å². The van der Waals surface area contributed by atoms with Crippen LogP contribution >= 0.6 is 11.3 Å². The molecule has 1 atom stereocenters. The molecule has 7 heteroatoms.